The molecule has 0 saturated carbocycles. The van der Waals surface area contributed by atoms with E-state index in [0.29, 0.717) is 0 Å². The van der Waals surface area contributed by atoms with Crippen molar-refractivity contribution in [1.82, 2.24) is 9.55 Å². The lowest BCUT2D eigenvalue weighted by Gasteiger charge is -2.21. The van der Waals surface area contributed by atoms with Gasteiger partial charge in [0.2, 0.25) is 0 Å². The molecule has 0 radical (unpaired) electrons. The monoisotopic (exact) mass is 326 g/mol. The Kier molecular flexibility index (Phi) is 6.14. The molecule has 1 aliphatic heterocycles. The first-order valence-electron chi connectivity index (χ1n) is 7.64. The van der Waals surface area contributed by atoms with Gasteiger partial charge in [-0.25, -0.2) is 4.79 Å². The number of aromatic nitrogens is 2. The number of ether oxygens (including phenoxy) is 2. The Hall–Kier alpha value is -1.90. The molecule has 0 bridgehead atoms. The Morgan fingerprint density at radius 2 is 2.26 bits per heavy atom. The Morgan fingerprint density at radius 3 is 2.91 bits per heavy atom. The highest BCUT2D eigenvalue weighted by Crippen LogP contribution is 2.30. The quantitative estimate of drug-likeness (QED) is 0.475. The van der Waals surface area contributed by atoms with Crippen LogP contribution < -0.4 is 11.2 Å². The molecule has 1 fully saturated rings. The molecule has 1 aliphatic rings. The van der Waals surface area contributed by atoms with Crippen molar-refractivity contribution in [3.63, 3.8) is 0 Å². The summed E-state index contributed by atoms with van der Waals surface area (Å²) in [6.45, 7) is 1.67. The standard InChI is InChI=1S/C15H22N2O6/c1-2-3-4-5-8-22-13-12(20)10(9-18)23-14(13)17-7-6-11(19)16-15(17)21/h5-8,10,12-14,18,20H,2-4,9H2,1H3,(H,16,19,21)/t10-,12-,13-,14-/m1/s1. The molecule has 8 nitrogen and oxygen atoms in total. The van der Waals surface area contributed by atoms with Crippen molar-refractivity contribution >= 4 is 0 Å². The number of aromatic amines is 1. The van der Waals surface area contributed by atoms with Crippen molar-refractivity contribution in [2.45, 2.75) is 50.7 Å². The third-order valence-corrected chi connectivity index (χ3v) is 3.67. The lowest BCUT2D eigenvalue weighted by atomic mass is 10.1. The van der Waals surface area contributed by atoms with Crippen molar-refractivity contribution in [3.05, 3.63) is 45.4 Å². The van der Waals surface area contributed by atoms with Crippen molar-refractivity contribution < 1.29 is 19.7 Å². The predicted molar refractivity (Wildman–Crippen MR) is 81.9 cm³/mol. The SMILES string of the molecule is CCCCC=CO[C@@H]1[C@H](O)[C@@H](CO)O[C@H]1n1ccc(=O)[nH]c1=O. The molecule has 8 heteroatoms. The summed E-state index contributed by atoms with van der Waals surface area (Å²) in [7, 11) is 0. The van der Waals surface area contributed by atoms with E-state index < -0.39 is 42.4 Å². The first-order valence-corrected chi connectivity index (χ1v) is 7.64. The highest BCUT2D eigenvalue weighted by Gasteiger charge is 2.46. The Bertz CT molecular complexity index is 637. The van der Waals surface area contributed by atoms with Crippen LogP contribution in [0.2, 0.25) is 0 Å². The zero-order valence-electron chi connectivity index (χ0n) is 12.9. The fourth-order valence-electron chi connectivity index (χ4n) is 2.40. The summed E-state index contributed by atoms with van der Waals surface area (Å²) in [6, 6.07) is 1.18. The molecule has 2 heterocycles. The van der Waals surface area contributed by atoms with E-state index in [0.717, 1.165) is 23.8 Å². The van der Waals surface area contributed by atoms with Gasteiger partial charge >= 0.3 is 5.69 Å². The first kappa shape index (κ1) is 17.5. The number of aliphatic hydroxyl groups is 2. The molecule has 2 rings (SSSR count). The average molecular weight is 326 g/mol. The number of hydrogen-bond acceptors (Lipinski definition) is 6. The Morgan fingerprint density at radius 1 is 1.48 bits per heavy atom. The molecular formula is C15H22N2O6. The molecule has 0 spiro atoms. The van der Waals surface area contributed by atoms with Crippen LogP contribution in [0.15, 0.2) is 34.2 Å². The molecule has 0 aromatic carbocycles. The molecule has 1 aromatic rings. The van der Waals surface area contributed by atoms with Gasteiger partial charge < -0.3 is 19.7 Å². The van der Waals surface area contributed by atoms with Gasteiger partial charge in [-0.2, -0.15) is 0 Å². The number of allylic oxidation sites excluding steroid dienone is 1. The number of unbranched alkanes of at least 4 members (excludes halogenated alkanes) is 2. The van der Waals surface area contributed by atoms with Crippen LogP contribution in [0.25, 0.3) is 0 Å². The zero-order valence-corrected chi connectivity index (χ0v) is 12.9. The topological polar surface area (TPSA) is 114 Å². The van der Waals surface area contributed by atoms with E-state index in [9.17, 15) is 19.8 Å². The Labute approximate surface area is 133 Å². The summed E-state index contributed by atoms with van der Waals surface area (Å²) in [5.74, 6) is 0. The van der Waals surface area contributed by atoms with Crippen LogP contribution in [-0.2, 0) is 9.47 Å². The van der Waals surface area contributed by atoms with Crippen LogP contribution in [0.5, 0.6) is 0 Å². The number of aliphatic hydroxyl groups excluding tert-OH is 2. The van der Waals surface area contributed by atoms with E-state index in [4.69, 9.17) is 9.47 Å². The number of H-pyrrole nitrogens is 1. The molecule has 0 aliphatic carbocycles. The van der Waals surface area contributed by atoms with Gasteiger partial charge in [-0.05, 0) is 18.9 Å². The largest absolute Gasteiger partial charge is 0.491 e. The summed E-state index contributed by atoms with van der Waals surface area (Å²) in [6.07, 6.45) is 3.71. The van der Waals surface area contributed by atoms with Crippen molar-refractivity contribution in [2.75, 3.05) is 6.61 Å². The van der Waals surface area contributed by atoms with E-state index in [1.54, 1.807) is 0 Å². The van der Waals surface area contributed by atoms with Crippen molar-refractivity contribution in [2.24, 2.45) is 0 Å². The summed E-state index contributed by atoms with van der Waals surface area (Å²) >= 11 is 0. The van der Waals surface area contributed by atoms with Gasteiger partial charge in [0.1, 0.15) is 12.2 Å². The highest BCUT2D eigenvalue weighted by molar-refractivity contribution is 4.95. The van der Waals surface area contributed by atoms with Crippen LogP contribution in [0.4, 0.5) is 0 Å². The van der Waals surface area contributed by atoms with E-state index >= 15 is 0 Å². The number of nitrogens with zero attached hydrogens (tertiary/aromatic N) is 1. The van der Waals surface area contributed by atoms with Gasteiger partial charge in [0.05, 0.1) is 12.9 Å². The minimum atomic E-state index is -1.10. The van der Waals surface area contributed by atoms with Crippen molar-refractivity contribution in [3.8, 4) is 0 Å². The van der Waals surface area contributed by atoms with Gasteiger partial charge in [0, 0.05) is 12.3 Å². The van der Waals surface area contributed by atoms with Gasteiger partial charge in [-0.15, -0.1) is 0 Å². The van der Waals surface area contributed by atoms with Crippen LogP contribution in [0.3, 0.4) is 0 Å². The van der Waals surface area contributed by atoms with E-state index in [1.165, 1.54) is 18.5 Å². The Balaban J connectivity index is 2.19. The number of hydrogen-bond donors (Lipinski definition) is 3. The van der Waals surface area contributed by atoms with Crippen LogP contribution in [0.1, 0.15) is 32.4 Å². The molecule has 1 aromatic heterocycles. The summed E-state index contributed by atoms with van der Waals surface area (Å²) in [4.78, 5) is 25.2. The number of rotatable bonds is 7. The summed E-state index contributed by atoms with van der Waals surface area (Å²) < 4.78 is 12.2. The number of nitrogens with one attached hydrogen (secondary N) is 1. The van der Waals surface area contributed by atoms with Gasteiger partial charge in [-0.3, -0.25) is 14.3 Å². The van der Waals surface area contributed by atoms with Crippen LogP contribution >= 0.6 is 0 Å². The van der Waals surface area contributed by atoms with E-state index in [-0.39, 0.29) is 0 Å². The smallest absolute Gasteiger partial charge is 0.330 e. The minimum absolute atomic E-state index is 0.408. The fourth-order valence-corrected chi connectivity index (χ4v) is 2.40. The fraction of sp³-hybridized carbons (Fsp3) is 0.600. The molecule has 128 valence electrons. The average Bonchev–Trinajstić information content (AvgIpc) is 2.83. The molecule has 4 atom stereocenters. The lowest BCUT2D eigenvalue weighted by Crippen LogP contribution is -2.38. The summed E-state index contributed by atoms with van der Waals surface area (Å²) in [5.41, 5.74) is -1.20. The van der Waals surface area contributed by atoms with Crippen LogP contribution in [-0.4, -0.2) is 44.7 Å². The third kappa shape index (κ3) is 4.10. The van der Waals surface area contributed by atoms with E-state index in [1.807, 2.05) is 6.08 Å². The second-order valence-electron chi connectivity index (χ2n) is 5.37. The van der Waals surface area contributed by atoms with E-state index in [2.05, 4.69) is 11.9 Å². The maximum atomic E-state index is 11.9. The maximum Gasteiger partial charge on any atom is 0.330 e. The molecule has 1 saturated heterocycles. The maximum absolute atomic E-state index is 11.9. The third-order valence-electron chi connectivity index (χ3n) is 3.67. The lowest BCUT2D eigenvalue weighted by molar-refractivity contribution is -0.0568. The minimum Gasteiger partial charge on any atom is -0.491 e. The first-order chi connectivity index (χ1) is 11.1. The van der Waals surface area contributed by atoms with Crippen molar-refractivity contribution in [1.29, 1.82) is 0 Å². The molecule has 3 N–H and O–H groups in total. The molecule has 23 heavy (non-hydrogen) atoms. The second kappa shape index (κ2) is 8.09. The molecule has 0 amide bonds. The van der Waals surface area contributed by atoms with Gasteiger partial charge in [0.15, 0.2) is 12.3 Å². The zero-order chi connectivity index (χ0) is 16.8. The van der Waals surface area contributed by atoms with Gasteiger partial charge in [-0.1, -0.05) is 13.3 Å². The molecule has 0 unspecified atom stereocenters. The summed E-state index contributed by atoms with van der Waals surface area (Å²) in [5, 5.41) is 19.5. The van der Waals surface area contributed by atoms with Crippen LogP contribution in [0, 0.1) is 0 Å². The molecular weight excluding hydrogens is 304 g/mol. The van der Waals surface area contributed by atoms with Gasteiger partial charge in [0.25, 0.3) is 5.56 Å². The predicted octanol–water partition coefficient (Wildman–Crippen LogP) is -0.124. The normalized spacial score (nSPS) is 27.6. The highest BCUT2D eigenvalue weighted by atomic mass is 16.6. The second-order valence-corrected chi connectivity index (χ2v) is 5.37.